The zero-order valence-electron chi connectivity index (χ0n) is 16.3. The number of nitrogens with zero attached hydrogens (tertiary/aromatic N) is 1. The maximum Gasteiger partial charge on any atom is 0.407 e. The number of aromatic nitrogens is 1. The molecule has 8 heteroatoms. The van der Waals surface area contributed by atoms with Crippen molar-refractivity contribution in [2.24, 2.45) is 0 Å². The van der Waals surface area contributed by atoms with Gasteiger partial charge < -0.3 is 20.3 Å². The van der Waals surface area contributed by atoms with E-state index >= 15 is 0 Å². The average Bonchev–Trinajstić information content (AvgIpc) is 3.11. The van der Waals surface area contributed by atoms with Crippen molar-refractivity contribution in [3.63, 3.8) is 0 Å². The van der Waals surface area contributed by atoms with E-state index < -0.39 is 24.2 Å². The Morgan fingerprint density at radius 2 is 1.74 bits per heavy atom. The van der Waals surface area contributed by atoms with Crippen LogP contribution in [0, 0.1) is 5.95 Å². The van der Waals surface area contributed by atoms with Crippen LogP contribution in [0.4, 0.5) is 9.18 Å². The first-order chi connectivity index (χ1) is 15.0. The number of carbonyl (C=O) groups is 1. The largest absolute Gasteiger partial charge is 0.449 e. The molecular weight excluding hydrogens is 423 g/mol. The van der Waals surface area contributed by atoms with Gasteiger partial charge in [0, 0.05) is 24.2 Å². The van der Waals surface area contributed by atoms with Gasteiger partial charge in [0.25, 0.3) is 0 Å². The maximum atomic E-state index is 13.8. The van der Waals surface area contributed by atoms with Gasteiger partial charge in [0.1, 0.15) is 18.8 Å². The predicted octanol–water partition coefficient (Wildman–Crippen LogP) is 3.81. The molecule has 1 aliphatic rings. The summed E-state index contributed by atoms with van der Waals surface area (Å²) in [6, 6.07) is 17.1. The summed E-state index contributed by atoms with van der Waals surface area (Å²) in [6.07, 6.45) is -2.75. The molecule has 1 aromatic heterocycles. The molecule has 0 radical (unpaired) electrons. The second kappa shape index (κ2) is 9.01. The van der Waals surface area contributed by atoms with Gasteiger partial charge in [0.15, 0.2) is 0 Å². The van der Waals surface area contributed by atoms with E-state index in [0.29, 0.717) is 0 Å². The number of aliphatic hydroxyl groups is 2. The molecule has 160 valence electrons. The van der Waals surface area contributed by atoms with Gasteiger partial charge in [-0.3, -0.25) is 0 Å². The summed E-state index contributed by atoms with van der Waals surface area (Å²) in [5, 5.41) is 22.8. The van der Waals surface area contributed by atoms with Crippen molar-refractivity contribution in [1.82, 2.24) is 10.3 Å². The van der Waals surface area contributed by atoms with E-state index in [0.717, 1.165) is 28.5 Å². The molecule has 6 nitrogen and oxygen atoms in total. The van der Waals surface area contributed by atoms with Gasteiger partial charge >= 0.3 is 6.09 Å². The van der Waals surface area contributed by atoms with Crippen LogP contribution in [-0.4, -0.2) is 40.5 Å². The number of ether oxygens (including phenoxy) is 1. The highest BCUT2D eigenvalue weighted by Gasteiger charge is 2.29. The smallest absolute Gasteiger partial charge is 0.407 e. The van der Waals surface area contributed by atoms with E-state index in [1.54, 1.807) is 0 Å². The number of amides is 1. The van der Waals surface area contributed by atoms with Crippen LogP contribution in [0.15, 0.2) is 60.8 Å². The van der Waals surface area contributed by atoms with E-state index in [4.69, 9.17) is 16.3 Å². The number of benzene rings is 2. The minimum absolute atomic E-state index is 0.0969. The fraction of sp³-hybridized carbons (Fsp3) is 0.217. The topological polar surface area (TPSA) is 91.7 Å². The Balaban J connectivity index is 1.35. The molecule has 0 saturated heterocycles. The number of halogens is 2. The highest BCUT2D eigenvalue weighted by Crippen LogP contribution is 2.44. The highest BCUT2D eigenvalue weighted by atomic mass is 35.5. The molecule has 1 heterocycles. The molecule has 4 rings (SSSR count). The second-order valence-electron chi connectivity index (χ2n) is 7.25. The van der Waals surface area contributed by atoms with E-state index in [9.17, 15) is 19.4 Å². The standard InChI is InChI=1S/C23H20ClFN2O4/c24-13-9-18(22(25)26-10-13)21(29)20(28)11-27-23(30)31-12-19-16-7-3-1-5-14(16)15-6-2-4-8-17(15)19/h1-10,19-21,28-29H,11-12H2,(H,27,30). The predicted molar refractivity (Wildman–Crippen MR) is 113 cm³/mol. The summed E-state index contributed by atoms with van der Waals surface area (Å²) in [7, 11) is 0. The summed E-state index contributed by atoms with van der Waals surface area (Å²) in [5.41, 5.74) is 4.13. The second-order valence-corrected chi connectivity index (χ2v) is 7.69. The Morgan fingerprint density at radius 1 is 1.13 bits per heavy atom. The number of pyridine rings is 1. The molecule has 31 heavy (non-hydrogen) atoms. The van der Waals surface area contributed by atoms with Crippen LogP contribution in [-0.2, 0) is 4.74 Å². The van der Waals surface area contributed by atoms with Crippen LogP contribution in [0.1, 0.15) is 28.7 Å². The molecule has 2 atom stereocenters. The monoisotopic (exact) mass is 442 g/mol. The number of carbonyl (C=O) groups excluding carboxylic acids is 1. The van der Waals surface area contributed by atoms with E-state index in [2.05, 4.69) is 10.3 Å². The van der Waals surface area contributed by atoms with Crippen molar-refractivity contribution < 1.29 is 24.1 Å². The Hall–Kier alpha value is -3.00. The summed E-state index contributed by atoms with van der Waals surface area (Å²) in [6.45, 7) is -0.227. The first-order valence-corrected chi connectivity index (χ1v) is 10.1. The lowest BCUT2D eigenvalue weighted by atomic mass is 9.98. The Morgan fingerprint density at radius 3 is 2.39 bits per heavy atom. The van der Waals surface area contributed by atoms with E-state index in [1.165, 1.54) is 6.07 Å². The summed E-state index contributed by atoms with van der Waals surface area (Å²) in [5.74, 6) is -1.04. The summed E-state index contributed by atoms with van der Waals surface area (Å²) >= 11 is 5.76. The highest BCUT2D eigenvalue weighted by molar-refractivity contribution is 6.30. The van der Waals surface area contributed by atoms with Crippen molar-refractivity contribution in [3.05, 3.63) is 88.5 Å². The van der Waals surface area contributed by atoms with Crippen LogP contribution in [0.5, 0.6) is 0 Å². The van der Waals surface area contributed by atoms with Gasteiger partial charge in [0.2, 0.25) is 5.95 Å². The first kappa shape index (κ1) is 21.2. The zero-order valence-corrected chi connectivity index (χ0v) is 17.1. The molecule has 2 aromatic carbocycles. The summed E-state index contributed by atoms with van der Waals surface area (Å²) in [4.78, 5) is 15.6. The van der Waals surface area contributed by atoms with E-state index in [-0.39, 0.29) is 29.7 Å². The Kier molecular flexibility index (Phi) is 6.18. The number of fused-ring (bicyclic) bond motifs is 3. The van der Waals surface area contributed by atoms with Gasteiger partial charge in [-0.2, -0.15) is 4.39 Å². The third-order valence-corrected chi connectivity index (χ3v) is 5.52. The van der Waals surface area contributed by atoms with Gasteiger partial charge in [-0.15, -0.1) is 0 Å². The molecule has 0 fully saturated rings. The van der Waals surface area contributed by atoms with Crippen LogP contribution in [0.25, 0.3) is 11.1 Å². The van der Waals surface area contributed by atoms with Crippen molar-refractivity contribution in [1.29, 1.82) is 0 Å². The number of rotatable bonds is 6. The molecule has 0 saturated carbocycles. The minimum atomic E-state index is -1.61. The fourth-order valence-electron chi connectivity index (χ4n) is 3.80. The van der Waals surface area contributed by atoms with Gasteiger partial charge in [0.05, 0.1) is 5.02 Å². The van der Waals surface area contributed by atoms with Gasteiger partial charge in [-0.25, -0.2) is 9.78 Å². The molecular formula is C23H20ClFN2O4. The molecule has 0 spiro atoms. The molecule has 3 N–H and O–H groups in total. The average molecular weight is 443 g/mol. The Labute approximate surface area is 183 Å². The lowest BCUT2D eigenvalue weighted by Gasteiger charge is -2.19. The van der Waals surface area contributed by atoms with Crippen molar-refractivity contribution in [2.45, 2.75) is 18.1 Å². The molecule has 1 amide bonds. The molecule has 0 bridgehead atoms. The molecule has 3 aromatic rings. The van der Waals surface area contributed by atoms with Crippen LogP contribution < -0.4 is 5.32 Å². The quantitative estimate of drug-likeness (QED) is 0.505. The molecule has 2 unspecified atom stereocenters. The number of alkyl carbamates (subject to hydrolysis) is 1. The zero-order chi connectivity index (χ0) is 22.0. The SMILES string of the molecule is O=C(NCC(O)C(O)c1cc(Cl)cnc1F)OCC1c2ccccc2-c2ccccc21. The third kappa shape index (κ3) is 4.39. The Bertz CT molecular complexity index is 1060. The number of nitrogens with one attached hydrogen (secondary N) is 1. The number of hydrogen-bond acceptors (Lipinski definition) is 5. The van der Waals surface area contributed by atoms with Crippen LogP contribution >= 0.6 is 11.6 Å². The lowest BCUT2D eigenvalue weighted by molar-refractivity contribution is 0.0161. The molecule has 0 aliphatic heterocycles. The van der Waals surface area contributed by atoms with Crippen molar-refractivity contribution >= 4 is 17.7 Å². The van der Waals surface area contributed by atoms with Crippen molar-refractivity contribution in [2.75, 3.05) is 13.2 Å². The number of aliphatic hydroxyl groups excluding tert-OH is 2. The van der Waals surface area contributed by atoms with Gasteiger partial charge in [-0.05, 0) is 28.3 Å². The van der Waals surface area contributed by atoms with Crippen molar-refractivity contribution in [3.8, 4) is 11.1 Å². The third-order valence-electron chi connectivity index (χ3n) is 5.32. The fourth-order valence-corrected chi connectivity index (χ4v) is 3.97. The van der Waals surface area contributed by atoms with Gasteiger partial charge in [-0.1, -0.05) is 60.1 Å². The molecule has 1 aliphatic carbocycles. The van der Waals surface area contributed by atoms with E-state index in [1.807, 2.05) is 48.5 Å². The van der Waals surface area contributed by atoms with Crippen LogP contribution in [0.2, 0.25) is 5.02 Å². The lowest BCUT2D eigenvalue weighted by Crippen LogP contribution is -2.36. The van der Waals surface area contributed by atoms with Crippen LogP contribution in [0.3, 0.4) is 0 Å². The minimum Gasteiger partial charge on any atom is -0.449 e. The normalized spacial score (nSPS) is 14.5. The summed E-state index contributed by atoms with van der Waals surface area (Å²) < 4.78 is 19.1. The number of hydrogen-bond donors (Lipinski definition) is 3. The first-order valence-electron chi connectivity index (χ1n) is 9.71. The maximum absolute atomic E-state index is 13.8.